The van der Waals surface area contributed by atoms with E-state index in [1.54, 1.807) is 11.7 Å². The van der Waals surface area contributed by atoms with Gasteiger partial charge >= 0.3 is 5.97 Å². The molecule has 1 saturated heterocycles. The molecule has 31 heavy (non-hydrogen) atoms. The number of aromatic nitrogens is 1. The minimum Gasteiger partial charge on any atom is -0.497 e. The highest BCUT2D eigenvalue weighted by Gasteiger charge is 2.64. The molecule has 5 rings (SSSR count). The molecular formula is C24H28N2O5. The summed E-state index contributed by atoms with van der Waals surface area (Å²) in [6, 6.07) is 7.52. The molecule has 2 N–H and O–H groups in total. The van der Waals surface area contributed by atoms with Crippen LogP contribution in [0.4, 0.5) is 0 Å². The number of likely N-dealkylation sites (tertiary alicyclic amines) is 1. The molecule has 0 spiro atoms. The molecule has 3 aliphatic rings. The van der Waals surface area contributed by atoms with Crippen LogP contribution >= 0.6 is 0 Å². The van der Waals surface area contributed by atoms with Crippen LogP contribution < -0.4 is 10.3 Å². The van der Waals surface area contributed by atoms with Crippen molar-refractivity contribution in [2.24, 2.45) is 0 Å². The molecule has 164 valence electrons. The average molecular weight is 424 g/mol. The number of pyridine rings is 1. The van der Waals surface area contributed by atoms with E-state index in [9.17, 15) is 19.8 Å². The number of aromatic carboxylic acids is 1. The summed E-state index contributed by atoms with van der Waals surface area (Å²) in [5.41, 5.74) is 1.62. The van der Waals surface area contributed by atoms with E-state index in [-0.39, 0.29) is 11.6 Å². The molecule has 0 saturated carbocycles. The summed E-state index contributed by atoms with van der Waals surface area (Å²) < 4.78 is 7.10. The number of hydrogen-bond donors (Lipinski definition) is 2. The summed E-state index contributed by atoms with van der Waals surface area (Å²) in [6.45, 7) is 3.11. The first kappa shape index (κ1) is 20.3. The number of carbonyl (C=O) groups is 1. The van der Waals surface area contributed by atoms with Crippen molar-refractivity contribution in [3.05, 3.63) is 62.6 Å². The van der Waals surface area contributed by atoms with Gasteiger partial charge in [-0.25, -0.2) is 4.79 Å². The van der Waals surface area contributed by atoms with Crippen LogP contribution in [-0.4, -0.2) is 58.0 Å². The fraction of sp³-hybridized carbons (Fsp3) is 0.500. The van der Waals surface area contributed by atoms with E-state index in [0.29, 0.717) is 19.4 Å². The molecule has 0 radical (unpaired) electrons. The first-order chi connectivity index (χ1) is 14.8. The zero-order valence-electron chi connectivity index (χ0n) is 18.1. The molecule has 0 amide bonds. The number of ether oxygens (including phenoxy) is 1. The zero-order valence-corrected chi connectivity index (χ0v) is 18.1. The van der Waals surface area contributed by atoms with Crippen LogP contribution in [0.25, 0.3) is 0 Å². The SMILES string of the molecule is CCn1c2c(cc(C(=O)O)c1=O)C[C@@]1(O)[C@H]3Cc4ccc(OC)cc4C1(CCN3C)C2. The Hall–Kier alpha value is -2.64. The predicted octanol–water partition coefficient (Wildman–Crippen LogP) is 1.60. The first-order valence-corrected chi connectivity index (χ1v) is 10.8. The van der Waals surface area contributed by atoms with Crippen molar-refractivity contribution in [1.29, 1.82) is 0 Å². The maximum Gasteiger partial charge on any atom is 0.341 e. The Morgan fingerprint density at radius 2 is 2.03 bits per heavy atom. The lowest BCUT2D eigenvalue weighted by molar-refractivity contribution is -0.145. The fourth-order valence-corrected chi connectivity index (χ4v) is 6.44. The largest absolute Gasteiger partial charge is 0.497 e. The number of fused-ring (bicyclic) bond motifs is 2. The molecule has 7 heteroatoms. The number of piperidine rings is 1. The van der Waals surface area contributed by atoms with Crippen molar-refractivity contribution in [2.75, 3.05) is 20.7 Å². The second kappa shape index (κ2) is 6.68. The number of likely N-dealkylation sites (N-methyl/N-ethyl adjacent to an activating group) is 1. The Labute approximate surface area is 180 Å². The zero-order chi connectivity index (χ0) is 22.1. The summed E-state index contributed by atoms with van der Waals surface area (Å²) >= 11 is 0. The number of methoxy groups -OCH3 is 1. The fourth-order valence-electron chi connectivity index (χ4n) is 6.44. The molecule has 2 heterocycles. The molecule has 1 aromatic carbocycles. The summed E-state index contributed by atoms with van der Waals surface area (Å²) in [7, 11) is 3.69. The van der Waals surface area contributed by atoms with Crippen LogP contribution in [0.5, 0.6) is 5.75 Å². The third kappa shape index (κ3) is 2.53. The summed E-state index contributed by atoms with van der Waals surface area (Å²) in [4.78, 5) is 26.9. The number of benzene rings is 1. The third-order valence-corrected chi connectivity index (χ3v) is 8.02. The minimum absolute atomic E-state index is 0.0782. The van der Waals surface area contributed by atoms with Crippen LogP contribution in [0, 0.1) is 0 Å². The summed E-state index contributed by atoms with van der Waals surface area (Å²) in [5, 5.41) is 21.9. The van der Waals surface area contributed by atoms with Gasteiger partial charge in [-0.3, -0.25) is 4.79 Å². The minimum atomic E-state index is -1.22. The number of nitrogens with zero attached hydrogens (tertiary/aromatic N) is 2. The van der Waals surface area contributed by atoms with Gasteiger partial charge in [-0.05, 0) is 68.2 Å². The van der Waals surface area contributed by atoms with Crippen LogP contribution in [0.1, 0.15) is 46.1 Å². The Kier molecular flexibility index (Phi) is 4.37. The molecule has 1 fully saturated rings. The van der Waals surface area contributed by atoms with Crippen molar-refractivity contribution in [1.82, 2.24) is 9.47 Å². The lowest BCUT2D eigenvalue weighted by Gasteiger charge is -2.63. The maximum absolute atomic E-state index is 12.9. The lowest BCUT2D eigenvalue weighted by Crippen LogP contribution is -2.73. The van der Waals surface area contributed by atoms with E-state index in [1.807, 2.05) is 26.1 Å². The number of hydrogen-bond acceptors (Lipinski definition) is 5. The molecule has 2 bridgehead atoms. The third-order valence-electron chi connectivity index (χ3n) is 8.02. The van der Waals surface area contributed by atoms with Gasteiger partial charge in [0.15, 0.2) is 0 Å². The van der Waals surface area contributed by atoms with E-state index in [4.69, 9.17) is 4.74 Å². The van der Waals surface area contributed by atoms with Crippen molar-refractivity contribution >= 4 is 5.97 Å². The second-order valence-corrected chi connectivity index (χ2v) is 9.22. The van der Waals surface area contributed by atoms with Crippen molar-refractivity contribution in [2.45, 2.75) is 56.2 Å². The smallest absolute Gasteiger partial charge is 0.341 e. The number of carboxylic acid groups (broad SMARTS) is 1. The average Bonchev–Trinajstić information content (AvgIpc) is 2.74. The summed E-state index contributed by atoms with van der Waals surface area (Å²) in [5.74, 6) is -0.467. The normalized spacial score (nSPS) is 29.0. The van der Waals surface area contributed by atoms with Gasteiger partial charge in [-0.1, -0.05) is 6.07 Å². The van der Waals surface area contributed by atoms with Gasteiger partial charge in [0.2, 0.25) is 0 Å². The van der Waals surface area contributed by atoms with E-state index in [1.165, 1.54) is 11.6 Å². The van der Waals surface area contributed by atoms with Gasteiger partial charge in [0.05, 0.1) is 12.7 Å². The highest BCUT2D eigenvalue weighted by atomic mass is 16.5. The maximum atomic E-state index is 12.9. The number of rotatable bonds is 3. The number of carboxylic acids is 1. The molecule has 3 atom stereocenters. The highest BCUT2D eigenvalue weighted by Crippen LogP contribution is 2.57. The van der Waals surface area contributed by atoms with Crippen LogP contribution in [0.3, 0.4) is 0 Å². The van der Waals surface area contributed by atoms with Crippen LogP contribution in [-0.2, 0) is 31.2 Å². The Bertz CT molecular complexity index is 1160. The van der Waals surface area contributed by atoms with E-state index in [2.05, 4.69) is 11.0 Å². The quantitative estimate of drug-likeness (QED) is 0.778. The van der Waals surface area contributed by atoms with E-state index in [0.717, 1.165) is 42.0 Å². The van der Waals surface area contributed by atoms with Crippen molar-refractivity contribution < 1.29 is 19.7 Å². The van der Waals surface area contributed by atoms with Crippen molar-refractivity contribution in [3.8, 4) is 5.75 Å². The van der Waals surface area contributed by atoms with Crippen molar-refractivity contribution in [3.63, 3.8) is 0 Å². The van der Waals surface area contributed by atoms with E-state index >= 15 is 0 Å². The molecular weight excluding hydrogens is 396 g/mol. The standard InChI is InChI=1S/C24H28N2O5/c1-4-26-19-13-23-7-8-25(2)20(10-14-5-6-16(31-3)11-18(14)23)24(23,30)12-15(19)9-17(21(26)27)22(28)29/h5-6,9,11,20,30H,4,7-8,10,12-13H2,1-3H3,(H,28,29)/t20-,23?,24-/m1/s1. The molecule has 7 nitrogen and oxygen atoms in total. The molecule has 2 aromatic rings. The molecule has 1 unspecified atom stereocenters. The number of aliphatic hydroxyl groups is 1. The van der Waals surface area contributed by atoms with Crippen LogP contribution in [0.15, 0.2) is 29.1 Å². The predicted molar refractivity (Wildman–Crippen MR) is 115 cm³/mol. The first-order valence-electron chi connectivity index (χ1n) is 10.8. The topological polar surface area (TPSA) is 92.0 Å². The van der Waals surface area contributed by atoms with Gasteiger partial charge in [0.25, 0.3) is 5.56 Å². The Balaban J connectivity index is 1.80. The van der Waals surface area contributed by atoms with Gasteiger partial charge in [-0.15, -0.1) is 0 Å². The highest BCUT2D eigenvalue weighted by molar-refractivity contribution is 5.87. The van der Waals surface area contributed by atoms with Gasteiger partial charge in [-0.2, -0.15) is 0 Å². The lowest BCUT2D eigenvalue weighted by atomic mass is 9.49. The summed E-state index contributed by atoms with van der Waals surface area (Å²) in [6.07, 6.45) is 2.32. The molecule has 1 aliphatic heterocycles. The Morgan fingerprint density at radius 3 is 2.71 bits per heavy atom. The monoisotopic (exact) mass is 424 g/mol. The van der Waals surface area contributed by atoms with E-state index < -0.39 is 22.5 Å². The van der Waals surface area contributed by atoms with Gasteiger partial charge < -0.3 is 24.4 Å². The van der Waals surface area contributed by atoms with Gasteiger partial charge in [0.1, 0.15) is 11.3 Å². The van der Waals surface area contributed by atoms with Crippen LogP contribution in [0.2, 0.25) is 0 Å². The second-order valence-electron chi connectivity index (χ2n) is 9.22. The molecule has 2 aliphatic carbocycles. The Morgan fingerprint density at radius 1 is 1.26 bits per heavy atom. The molecule has 1 aromatic heterocycles. The van der Waals surface area contributed by atoms with Gasteiger partial charge in [0, 0.05) is 36.5 Å².